The van der Waals surface area contributed by atoms with Crippen molar-refractivity contribution in [2.75, 3.05) is 43.6 Å². The summed E-state index contributed by atoms with van der Waals surface area (Å²) >= 11 is 0. The standard InChI is InChI=1S/C18H18N4O4/c1-24-14-4-2-3-12-9-15(26-16(12)14)17(23)21-13-10-19-18(20-11-13)22-5-7-25-8-6-22/h2-4,9-11H,5-8H2,1H3,(H,21,23). The van der Waals surface area contributed by atoms with Gasteiger partial charge in [-0.15, -0.1) is 0 Å². The van der Waals surface area contributed by atoms with Crippen molar-refractivity contribution >= 4 is 28.5 Å². The van der Waals surface area contributed by atoms with Crippen molar-refractivity contribution in [2.45, 2.75) is 0 Å². The van der Waals surface area contributed by atoms with Crippen molar-refractivity contribution in [1.29, 1.82) is 0 Å². The van der Waals surface area contributed by atoms with E-state index in [1.54, 1.807) is 31.6 Å². The maximum atomic E-state index is 12.4. The average molecular weight is 354 g/mol. The number of carbonyl (C=O) groups excluding carboxylic acids is 1. The van der Waals surface area contributed by atoms with Crippen LogP contribution in [0.2, 0.25) is 0 Å². The first-order chi connectivity index (χ1) is 12.7. The Hall–Kier alpha value is -3.13. The first kappa shape index (κ1) is 16.3. The molecule has 0 saturated carbocycles. The fourth-order valence-electron chi connectivity index (χ4n) is 2.81. The Morgan fingerprint density at radius 3 is 2.73 bits per heavy atom. The molecule has 1 aliphatic rings. The number of hydrogen-bond acceptors (Lipinski definition) is 7. The number of benzene rings is 1. The summed E-state index contributed by atoms with van der Waals surface area (Å²) in [7, 11) is 1.56. The Morgan fingerprint density at radius 2 is 2.00 bits per heavy atom. The highest BCUT2D eigenvalue weighted by Crippen LogP contribution is 2.28. The lowest BCUT2D eigenvalue weighted by atomic mass is 10.2. The van der Waals surface area contributed by atoms with Gasteiger partial charge in [0.05, 0.1) is 38.4 Å². The summed E-state index contributed by atoms with van der Waals surface area (Å²) in [5.41, 5.74) is 1.04. The number of anilines is 2. The molecule has 1 aromatic carbocycles. The zero-order valence-electron chi connectivity index (χ0n) is 14.3. The van der Waals surface area contributed by atoms with Crippen molar-refractivity contribution in [3.8, 4) is 5.75 Å². The Kier molecular flexibility index (Phi) is 4.40. The van der Waals surface area contributed by atoms with Gasteiger partial charge >= 0.3 is 0 Å². The van der Waals surface area contributed by atoms with Gasteiger partial charge in [0.15, 0.2) is 17.1 Å². The zero-order valence-corrected chi connectivity index (χ0v) is 14.3. The number of fused-ring (bicyclic) bond motifs is 1. The predicted molar refractivity (Wildman–Crippen MR) is 95.8 cm³/mol. The minimum atomic E-state index is -0.369. The van der Waals surface area contributed by atoms with Crippen LogP contribution in [0.1, 0.15) is 10.6 Å². The number of nitrogens with one attached hydrogen (secondary N) is 1. The molecule has 134 valence electrons. The Morgan fingerprint density at radius 1 is 1.23 bits per heavy atom. The lowest BCUT2D eigenvalue weighted by Crippen LogP contribution is -2.37. The molecule has 1 N–H and O–H groups in total. The van der Waals surface area contributed by atoms with Crippen molar-refractivity contribution in [1.82, 2.24) is 9.97 Å². The molecule has 0 radical (unpaired) electrons. The fourth-order valence-corrected chi connectivity index (χ4v) is 2.81. The van der Waals surface area contributed by atoms with Gasteiger partial charge in [-0.3, -0.25) is 4.79 Å². The molecule has 3 aromatic rings. The van der Waals surface area contributed by atoms with Crippen LogP contribution in [0.5, 0.6) is 5.75 Å². The number of nitrogens with zero attached hydrogens (tertiary/aromatic N) is 3. The maximum absolute atomic E-state index is 12.4. The molecule has 0 bridgehead atoms. The van der Waals surface area contributed by atoms with Crippen molar-refractivity contribution in [3.63, 3.8) is 0 Å². The number of para-hydroxylation sites is 1. The fraction of sp³-hybridized carbons (Fsp3) is 0.278. The molecule has 4 rings (SSSR count). The van der Waals surface area contributed by atoms with Crippen LogP contribution in [0.3, 0.4) is 0 Å². The van der Waals surface area contributed by atoms with Gasteiger partial charge in [0, 0.05) is 18.5 Å². The molecule has 8 nitrogen and oxygen atoms in total. The lowest BCUT2D eigenvalue weighted by molar-refractivity contribution is 0.0998. The molecule has 3 heterocycles. The van der Waals surface area contributed by atoms with Crippen LogP contribution in [0.15, 0.2) is 41.1 Å². The molecule has 1 saturated heterocycles. The largest absolute Gasteiger partial charge is 0.493 e. The molecule has 0 unspecified atom stereocenters. The van der Waals surface area contributed by atoms with Gasteiger partial charge in [0.1, 0.15) is 0 Å². The van der Waals surface area contributed by atoms with Gasteiger partial charge < -0.3 is 24.1 Å². The van der Waals surface area contributed by atoms with E-state index in [4.69, 9.17) is 13.9 Å². The number of ether oxygens (including phenoxy) is 2. The first-order valence-corrected chi connectivity index (χ1v) is 8.27. The predicted octanol–water partition coefficient (Wildman–Crippen LogP) is 2.32. The van der Waals surface area contributed by atoms with Crippen LogP contribution in [-0.4, -0.2) is 49.3 Å². The lowest BCUT2D eigenvalue weighted by Gasteiger charge is -2.26. The second-order valence-electron chi connectivity index (χ2n) is 5.81. The smallest absolute Gasteiger partial charge is 0.291 e. The summed E-state index contributed by atoms with van der Waals surface area (Å²) in [6, 6.07) is 7.16. The summed E-state index contributed by atoms with van der Waals surface area (Å²) in [4.78, 5) is 23.1. The van der Waals surface area contributed by atoms with E-state index in [0.29, 0.717) is 36.2 Å². The van der Waals surface area contributed by atoms with Gasteiger partial charge in [-0.1, -0.05) is 12.1 Å². The molecule has 2 aromatic heterocycles. The zero-order chi connectivity index (χ0) is 17.9. The molecule has 26 heavy (non-hydrogen) atoms. The molecule has 1 aliphatic heterocycles. The SMILES string of the molecule is COc1cccc2cc(C(=O)Nc3cnc(N4CCOCC4)nc3)oc12. The van der Waals surface area contributed by atoms with E-state index in [2.05, 4.69) is 15.3 Å². The summed E-state index contributed by atoms with van der Waals surface area (Å²) < 4.78 is 16.2. The molecule has 0 atom stereocenters. The number of hydrogen-bond donors (Lipinski definition) is 1. The van der Waals surface area contributed by atoms with Gasteiger partial charge in [-0.05, 0) is 12.1 Å². The Bertz CT molecular complexity index is 917. The molecule has 0 aliphatic carbocycles. The molecular formula is C18H18N4O4. The highest BCUT2D eigenvalue weighted by molar-refractivity contribution is 6.05. The average Bonchev–Trinajstić information content (AvgIpc) is 3.14. The number of methoxy groups -OCH3 is 1. The third kappa shape index (κ3) is 3.18. The number of amides is 1. The van der Waals surface area contributed by atoms with Crippen molar-refractivity contribution < 1.29 is 18.7 Å². The van der Waals surface area contributed by atoms with Crippen LogP contribution in [-0.2, 0) is 4.74 Å². The van der Waals surface area contributed by atoms with E-state index in [9.17, 15) is 4.79 Å². The number of aromatic nitrogens is 2. The molecule has 1 amide bonds. The molecular weight excluding hydrogens is 336 g/mol. The summed E-state index contributed by atoms with van der Waals surface area (Å²) in [6.45, 7) is 2.84. The maximum Gasteiger partial charge on any atom is 0.291 e. The van der Waals surface area contributed by atoms with Crippen LogP contribution in [0.25, 0.3) is 11.0 Å². The quantitative estimate of drug-likeness (QED) is 0.769. The highest BCUT2D eigenvalue weighted by Gasteiger charge is 2.16. The summed E-state index contributed by atoms with van der Waals surface area (Å²) in [6.07, 6.45) is 3.16. The van der Waals surface area contributed by atoms with E-state index in [1.807, 2.05) is 17.0 Å². The van der Waals surface area contributed by atoms with Gasteiger partial charge in [-0.25, -0.2) is 9.97 Å². The van der Waals surface area contributed by atoms with Crippen molar-refractivity contribution in [3.05, 3.63) is 42.4 Å². The van der Waals surface area contributed by atoms with Crippen LogP contribution >= 0.6 is 0 Å². The van der Waals surface area contributed by atoms with Crippen molar-refractivity contribution in [2.24, 2.45) is 0 Å². The van der Waals surface area contributed by atoms with Gasteiger partial charge in [0.2, 0.25) is 5.95 Å². The topological polar surface area (TPSA) is 89.7 Å². The van der Waals surface area contributed by atoms with E-state index in [-0.39, 0.29) is 11.7 Å². The second-order valence-corrected chi connectivity index (χ2v) is 5.81. The van der Waals surface area contributed by atoms with Gasteiger partial charge in [-0.2, -0.15) is 0 Å². The van der Waals surface area contributed by atoms with E-state index in [1.165, 1.54) is 0 Å². The monoisotopic (exact) mass is 354 g/mol. The van der Waals surface area contributed by atoms with E-state index < -0.39 is 0 Å². The summed E-state index contributed by atoms with van der Waals surface area (Å²) in [5.74, 6) is 1.03. The van der Waals surface area contributed by atoms with E-state index >= 15 is 0 Å². The van der Waals surface area contributed by atoms with Crippen LogP contribution in [0.4, 0.5) is 11.6 Å². The second kappa shape index (κ2) is 7.01. The molecule has 0 spiro atoms. The first-order valence-electron chi connectivity index (χ1n) is 8.27. The Labute approximate surface area is 149 Å². The number of rotatable bonds is 4. The third-order valence-electron chi connectivity index (χ3n) is 4.14. The van der Waals surface area contributed by atoms with Crippen LogP contribution in [0, 0.1) is 0 Å². The third-order valence-corrected chi connectivity index (χ3v) is 4.14. The number of morpholine rings is 1. The number of carbonyl (C=O) groups is 1. The molecule has 1 fully saturated rings. The van der Waals surface area contributed by atoms with Gasteiger partial charge in [0.25, 0.3) is 5.91 Å². The molecule has 8 heteroatoms. The minimum absolute atomic E-state index is 0.196. The minimum Gasteiger partial charge on any atom is -0.493 e. The highest BCUT2D eigenvalue weighted by atomic mass is 16.5. The Balaban J connectivity index is 1.49. The van der Waals surface area contributed by atoms with E-state index in [0.717, 1.165) is 18.5 Å². The normalized spacial score (nSPS) is 14.4. The number of furan rings is 1. The summed E-state index contributed by atoms with van der Waals surface area (Å²) in [5, 5.41) is 3.54. The van der Waals surface area contributed by atoms with Crippen LogP contribution < -0.4 is 15.0 Å².